The van der Waals surface area contributed by atoms with Crippen molar-refractivity contribution >= 4 is 6.29 Å². The van der Waals surface area contributed by atoms with E-state index in [-0.39, 0.29) is 17.1 Å². The first-order chi connectivity index (χ1) is 8.20. The Morgan fingerprint density at radius 2 is 2.06 bits per heavy atom. The topological polar surface area (TPSA) is 42.9 Å². The van der Waals surface area contributed by atoms with E-state index < -0.39 is 6.43 Å². The fraction of sp³-hybridized carbons (Fsp3) is 0.0833. The smallest absolute Gasteiger partial charge is 0.263 e. The summed E-state index contributed by atoms with van der Waals surface area (Å²) in [5.74, 6) is 0.261. The summed E-state index contributed by atoms with van der Waals surface area (Å²) >= 11 is 0. The standard InChI is InChI=1S/C12H8F2N2O/c13-11(14)8-2-1-3-9(6-8)12-15-5-4-10(7-17)16-12/h1-7,11H. The van der Waals surface area contributed by atoms with Gasteiger partial charge in [0, 0.05) is 17.3 Å². The van der Waals surface area contributed by atoms with Gasteiger partial charge in [-0.05, 0) is 12.1 Å². The molecule has 1 aromatic carbocycles. The second kappa shape index (κ2) is 4.78. The van der Waals surface area contributed by atoms with Gasteiger partial charge in [-0.2, -0.15) is 0 Å². The monoisotopic (exact) mass is 234 g/mol. The number of carbonyl (C=O) groups excluding carboxylic acids is 1. The molecule has 0 unspecified atom stereocenters. The number of halogens is 2. The van der Waals surface area contributed by atoms with Gasteiger partial charge in [0.1, 0.15) is 5.69 Å². The molecule has 0 saturated heterocycles. The molecule has 2 aromatic rings. The van der Waals surface area contributed by atoms with Crippen molar-refractivity contribution in [2.45, 2.75) is 6.43 Å². The zero-order valence-electron chi connectivity index (χ0n) is 8.68. The van der Waals surface area contributed by atoms with Gasteiger partial charge in [-0.1, -0.05) is 18.2 Å². The Labute approximate surface area is 96.2 Å². The first-order valence-corrected chi connectivity index (χ1v) is 4.87. The molecule has 0 bridgehead atoms. The van der Waals surface area contributed by atoms with Gasteiger partial charge < -0.3 is 0 Å². The van der Waals surface area contributed by atoms with Crippen molar-refractivity contribution in [3.63, 3.8) is 0 Å². The van der Waals surface area contributed by atoms with E-state index in [1.165, 1.54) is 30.5 Å². The number of benzene rings is 1. The van der Waals surface area contributed by atoms with E-state index in [0.717, 1.165) is 0 Å². The summed E-state index contributed by atoms with van der Waals surface area (Å²) < 4.78 is 25.0. The molecule has 0 atom stereocenters. The Morgan fingerprint density at radius 1 is 1.24 bits per heavy atom. The fourth-order valence-corrected chi connectivity index (χ4v) is 1.39. The van der Waals surface area contributed by atoms with E-state index in [9.17, 15) is 13.6 Å². The summed E-state index contributed by atoms with van der Waals surface area (Å²) in [6, 6.07) is 7.23. The lowest BCUT2D eigenvalue weighted by molar-refractivity contribution is 0.111. The van der Waals surface area contributed by atoms with Crippen LogP contribution in [0.2, 0.25) is 0 Å². The Bertz CT molecular complexity index is 544. The second-order valence-electron chi connectivity index (χ2n) is 3.35. The lowest BCUT2D eigenvalue weighted by Gasteiger charge is -2.03. The van der Waals surface area contributed by atoms with Crippen LogP contribution in [0.3, 0.4) is 0 Å². The number of aldehydes is 1. The van der Waals surface area contributed by atoms with Gasteiger partial charge in [0.15, 0.2) is 12.1 Å². The molecule has 86 valence electrons. The molecule has 3 nitrogen and oxygen atoms in total. The van der Waals surface area contributed by atoms with Crippen molar-refractivity contribution < 1.29 is 13.6 Å². The average Bonchev–Trinajstić information content (AvgIpc) is 2.39. The largest absolute Gasteiger partial charge is 0.296 e. The summed E-state index contributed by atoms with van der Waals surface area (Å²) in [6.07, 6.45) is -0.535. The van der Waals surface area contributed by atoms with Crippen molar-refractivity contribution in [1.82, 2.24) is 9.97 Å². The van der Waals surface area contributed by atoms with Crippen molar-refractivity contribution in [3.05, 3.63) is 47.8 Å². The van der Waals surface area contributed by atoms with E-state index in [1.54, 1.807) is 6.07 Å². The zero-order chi connectivity index (χ0) is 12.3. The second-order valence-corrected chi connectivity index (χ2v) is 3.35. The number of alkyl halides is 2. The number of aromatic nitrogens is 2. The van der Waals surface area contributed by atoms with Gasteiger partial charge in [0.2, 0.25) is 0 Å². The average molecular weight is 234 g/mol. The Balaban J connectivity index is 2.45. The van der Waals surface area contributed by atoms with E-state index in [0.29, 0.717) is 11.8 Å². The highest BCUT2D eigenvalue weighted by Gasteiger charge is 2.09. The number of hydrogen-bond donors (Lipinski definition) is 0. The molecular weight excluding hydrogens is 226 g/mol. The highest BCUT2D eigenvalue weighted by atomic mass is 19.3. The molecule has 0 N–H and O–H groups in total. The number of hydrogen-bond acceptors (Lipinski definition) is 3. The molecule has 0 amide bonds. The lowest BCUT2D eigenvalue weighted by Crippen LogP contribution is -1.94. The minimum Gasteiger partial charge on any atom is -0.296 e. The van der Waals surface area contributed by atoms with E-state index >= 15 is 0 Å². The third kappa shape index (κ3) is 2.50. The summed E-state index contributed by atoms with van der Waals surface area (Å²) in [7, 11) is 0. The Kier molecular flexibility index (Phi) is 3.18. The maximum absolute atomic E-state index is 12.5. The summed E-state index contributed by atoms with van der Waals surface area (Å²) in [4.78, 5) is 18.4. The quantitative estimate of drug-likeness (QED) is 0.767. The number of carbonyl (C=O) groups is 1. The maximum Gasteiger partial charge on any atom is 0.263 e. The summed E-state index contributed by atoms with van der Waals surface area (Å²) in [5, 5.41) is 0. The zero-order valence-corrected chi connectivity index (χ0v) is 8.68. The maximum atomic E-state index is 12.5. The molecule has 1 aromatic heterocycles. The fourth-order valence-electron chi connectivity index (χ4n) is 1.39. The van der Waals surface area contributed by atoms with Crippen molar-refractivity contribution in [1.29, 1.82) is 0 Å². The molecule has 0 aliphatic rings. The van der Waals surface area contributed by atoms with Crippen molar-refractivity contribution in [2.24, 2.45) is 0 Å². The van der Waals surface area contributed by atoms with Crippen LogP contribution in [-0.4, -0.2) is 16.3 Å². The van der Waals surface area contributed by atoms with Crippen LogP contribution in [0.5, 0.6) is 0 Å². The van der Waals surface area contributed by atoms with Crippen LogP contribution in [0.15, 0.2) is 36.5 Å². The molecule has 0 radical (unpaired) electrons. The van der Waals surface area contributed by atoms with Gasteiger partial charge >= 0.3 is 0 Å². The molecule has 1 heterocycles. The summed E-state index contributed by atoms with van der Waals surface area (Å²) in [6.45, 7) is 0. The molecule has 0 saturated carbocycles. The molecule has 17 heavy (non-hydrogen) atoms. The van der Waals surface area contributed by atoms with Gasteiger partial charge in [-0.3, -0.25) is 4.79 Å². The molecular formula is C12H8F2N2O. The Morgan fingerprint density at radius 3 is 2.76 bits per heavy atom. The minimum absolute atomic E-state index is 0.0948. The van der Waals surface area contributed by atoms with Crippen molar-refractivity contribution in [3.8, 4) is 11.4 Å². The SMILES string of the molecule is O=Cc1ccnc(-c2cccc(C(F)F)c2)n1. The highest BCUT2D eigenvalue weighted by Crippen LogP contribution is 2.23. The van der Waals surface area contributed by atoms with Crippen LogP contribution in [0.25, 0.3) is 11.4 Å². The predicted molar refractivity (Wildman–Crippen MR) is 57.8 cm³/mol. The van der Waals surface area contributed by atoms with Crippen LogP contribution < -0.4 is 0 Å². The van der Waals surface area contributed by atoms with Gasteiger partial charge in [0.25, 0.3) is 6.43 Å². The molecule has 0 aliphatic heterocycles. The van der Waals surface area contributed by atoms with E-state index in [4.69, 9.17) is 0 Å². The third-order valence-corrected chi connectivity index (χ3v) is 2.19. The van der Waals surface area contributed by atoms with E-state index in [1.807, 2.05) is 0 Å². The van der Waals surface area contributed by atoms with Gasteiger partial charge in [0.05, 0.1) is 0 Å². The molecule has 0 aliphatic carbocycles. The van der Waals surface area contributed by atoms with Gasteiger partial charge in [-0.25, -0.2) is 18.7 Å². The van der Waals surface area contributed by atoms with E-state index in [2.05, 4.69) is 9.97 Å². The molecule has 5 heteroatoms. The van der Waals surface area contributed by atoms with Crippen LogP contribution in [0.4, 0.5) is 8.78 Å². The normalized spacial score (nSPS) is 10.5. The van der Waals surface area contributed by atoms with Crippen LogP contribution in [0, 0.1) is 0 Å². The first kappa shape index (κ1) is 11.3. The summed E-state index contributed by atoms with van der Waals surface area (Å²) in [5.41, 5.74) is 0.589. The molecule has 2 rings (SSSR count). The predicted octanol–water partition coefficient (Wildman–Crippen LogP) is 2.89. The van der Waals surface area contributed by atoms with Crippen LogP contribution >= 0.6 is 0 Å². The van der Waals surface area contributed by atoms with Crippen LogP contribution in [-0.2, 0) is 0 Å². The molecule has 0 fully saturated rings. The van der Waals surface area contributed by atoms with Crippen molar-refractivity contribution in [2.75, 3.05) is 0 Å². The number of rotatable bonds is 3. The Hall–Kier alpha value is -2.17. The third-order valence-electron chi connectivity index (χ3n) is 2.19. The molecule has 0 spiro atoms. The van der Waals surface area contributed by atoms with Gasteiger partial charge in [-0.15, -0.1) is 0 Å². The number of nitrogens with zero attached hydrogens (tertiary/aromatic N) is 2. The minimum atomic E-state index is -2.54. The highest BCUT2D eigenvalue weighted by molar-refractivity contribution is 5.72. The lowest BCUT2D eigenvalue weighted by atomic mass is 10.1. The first-order valence-electron chi connectivity index (χ1n) is 4.87. The van der Waals surface area contributed by atoms with Crippen LogP contribution in [0.1, 0.15) is 22.5 Å².